The predicted molar refractivity (Wildman–Crippen MR) is 67.2 cm³/mol. The Hall–Kier alpha value is -1.02. The fraction of sp³-hybridized carbons (Fsp3) is 0.538. The van der Waals surface area contributed by atoms with Crippen molar-refractivity contribution >= 4 is 5.69 Å². The second-order valence-corrected chi connectivity index (χ2v) is 4.39. The number of hydrogen-bond donors (Lipinski definition) is 1. The maximum atomic E-state index is 3.49. The molecule has 1 aromatic carbocycles. The van der Waals surface area contributed by atoms with Crippen LogP contribution in [-0.4, -0.2) is 25.0 Å². The first kappa shape index (κ1) is 12.1. The first-order chi connectivity index (χ1) is 7.11. The van der Waals surface area contributed by atoms with Crippen LogP contribution in [0.4, 0.5) is 5.69 Å². The van der Waals surface area contributed by atoms with Crippen molar-refractivity contribution in [2.75, 3.05) is 19.4 Å². The van der Waals surface area contributed by atoms with E-state index in [-0.39, 0.29) is 0 Å². The molecule has 1 aromatic rings. The van der Waals surface area contributed by atoms with Gasteiger partial charge in [-0.3, -0.25) is 0 Å². The summed E-state index contributed by atoms with van der Waals surface area (Å²) in [6.07, 6.45) is 1.15. The molecule has 0 saturated carbocycles. The molecule has 2 heteroatoms. The topological polar surface area (TPSA) is 15.3 Å². The molecule has 0 aliphatic rings. The van der Waals surface area contributed by atoms with Crippen molar-refractivity contribution in [1.29, 1.82) is 0 Å². The molecule has 2 nitrogen and oxygen atoms in total. The molecule has 0 aromatic heterocycles. The third kappa shape index (κ3) is 4.34. The Balaban J connectivity index is 2.65. The van der Waals surface area contributed by atoms with Crippen molar-refractivity contribution in [2.45, 2.75) is 32.9 Å². The summed E-state index contributed by atoms with van der Waals surface area (Å²) in [5.74, 6) is 0. The van der Waals surface area contributed by atoms with Gasteiger partial charge in [0.2, 0.25) is 0 Å². The van der Waals surface area contributed by atoms with Crippen LogP contribution >= 0.6 is 0 Å². The van der Waals surface area contributed by atoms with E-state index in [1.165, 1.54) is 11.3 Å². The molecule has 1 N–H and O–H groups in total. The van der Waals surface area contributed by atoms with E-state index in [4.69, 9.17) is 0 Å². The van der Waals surface area contributed by atoms with Gasteiger partial charge in [0.05, 0.1) is 0 Å². The van der Waals surface area contributed by atoms with Crippen molar-refractivity contribution in [3.8, 4) is 0 Å². The van der Waals surface area contributed by atoms with Crippen molar-refractivity contribution in [1.82, 2.24) is 4.90 Å². The fourth-order valence-electron chi connectivity index (χ4n) is 1.51. The number of hydrogen-bond acceptors (Lipinski definition) is 2. The zero-order valence-electron chi connectivity index (χ0n) is 10.2. The van der Waals surface area contributed by atoms with E-state index < -0.39 is 0 Å². The van der Waals surface area contributed by atoms with Crippen LogP contribution in [0.5, 0.6) is 0 Å². The second kappa shape index (κ2) is 5.76. The van der Waals surface area contributed by atoms with Gasteiger partial charge in [0, 0.05) is 18.3 Å². The highest BCUT2D eigenvalue weighted by Crippen LogP contribution is 2.13. The van der Waals surface area contributed by atoms with Gasteiger partial charge < -0.3 is 10.2 Å². The van der Waals surface area contributed by atoms with Crippen molar-refractivity contribution < 1.29 is 0 Å². The van der Waals surface area contributed by atoms with Gasteiger partial charge in [-0.25, -0.2) is 0 Å². The molecule has 0 amide bonds. The Morgan fingerprint density at radius 1 is 1.33 bits per heavy atom. The number of rotatable bonds is 5. The number of nitrogens with zero attached hydrogens (tertiary/aromatic N) is 1. The van der Waals surface area contributed by atoms with Crippen LogP contribution < -0.4 is 5.32 Å². The van der Waals surface area contributed by atoms with Crippen LogP contribution in [0.1, 0.15) is 25.8 Å². The van der Waals surface area contributed by atoms with Crippen LogP contribution in [0.25, 0.3) is 0 Å². The van der Waals surface area contributed by atoms with Crippen LogP contribution in [0.3, 0.4) is 0 Å². The van der Waals surface area contributed by atoms with Gasteiger partial charge in [0.15, 0.2) is 0 Å². The molecule has 84 valence electrons. The summed E-state index contributed by atoms with van der Waals surface area (Å²) in [5.41, 5.74) is 2.58. The number of anilines is 1. The average Bonchev–Trinajstić information content (AvgIpc) is 2.17. The number of benzene rings is 1. The molecular weight excluding hydrogens is 184 g/mol. The number of nitrogens with one attached hydrogen (secondary N) is 1. The first-order valence-corrected chi connectivity index (χ1v) is 5.62. The molecule has 0 fully saturated rings. The Morgan fingerprint density at radius 3 is 2.67 bits per heavy atom. The highest BCUT2D eigenvalue weighted by Gasteiger charge is 2.00. The van der Waals surface area contributed by atoms with Gasteiger partial charge in [0.25, 0.3) is 0 Å². The summed E-state index contributed by atoms with van der Waals surface area (Å²) in [6.45, 7) is 5.40. The molecule has 0 spiro atoms. The summed E-state index contributed by atoms with van der Waals surface area (Å²) >= 11 is 0. The van der Waals surface area contributed by atoms with Gasteiger partial charge in [-0.1, -0.05) is 19.1 Å². The third-order valence-corrected chi connectivity index (χ3v) is 2.45. The van der Waals surface area contributed by atoms with Gasteiger partial charge in [-0.15, -0.1) is 0 Å². The Bertz CT molecular complexity index is 294. The molecular formula is C13H22N2. The largest absolute Gasteiger partial charge is 0.383 e. The lowest BCUT2D eigenvalue weighted by atomic mass is 10.1. The molecule has 15 heavy (non-hydrogen) atoms. The predicted octanol–water partition coefficient (Wildman–Crippen LogP) is 2.96. The molecule has 0 bridgehead atoms. The monoisotopic (exact) mass is 206 g/mol. The molecule has 1 atom stereocenters. The molecule has 0 radical (unpaired) electrons. The molecule has 1 rings (SSSR count). The van der Waals surface area contributed by atoms with Crippen LogP contribution in [0.2, 0.25) is 0 Å². The fourth-order valence-corrected chi connectivity index (χ4v) is 1.51. The first-order valence-electron chi connectivity index (χ1n) is 5.62. The lowest BCUT2D eigenvalue weighted by molar-refractivity contribution is 0.402. The third-order valence-electron chi connectivity index (χ3n) is 2.45. The molecule has 0 aliphatic carbocycles. The van der Waals surface area contributed by atoms with Crippen LogP contribution in [0.15, 0.2) is 24.3 Å². The van der Waals surface area contributed by atoms with Gasteiger partial charge >= 0.3 is 0 Å². The zero-order chi connectivity index (χ0) is 11.3. The average molecular weight is 206 g/mol. The Labute approximate surface area is 93.3 Å². The van der Waals surface area contributed by atoms with Crippen LogP contribution in [-0.2, 0) is 6.54 Å². The summed E-state index contributed by atoms with van der Waals surface area (Å²) in [4.78, 5) is 2.18. The maximum absolute atomic E-state index is 3.49. The second-order valence-electron chi connectivity index (χ2n) is 4.39. The quantitative estimate of drug-likeness (QED) is 0.797. The summed E-state index contributed by atoms with van der Waals surface area (Å²) in [7, 11) is 4.18. The maximum Gasteiger partial charge on any atom is 0.0345 e. The lowest BCUT2D eigenvalue weighted by Gasteiger charge is -2.15. The van der Waals surface area contributed by atoms with E-state index >= 15 is 0 Å². The molecule has 0 aliphatic heterocycles. The minimum atomic E-state index is 0.541. The molecule has 0 heterocycles. The van der Waals surface area contributed by atoms with Crippen molar-refractivity contribution in [2.24, 2.45) is 0 Å². The van der Waals surface area contributed by atoms with E-state index in [0.717, 1.165) is 13.0 Å². The van der Waals surface area contributed by atoms with E-state index in [2.05, 4.69) is 62.4 Å². The standard InChI is InChI=1S/C13H22N2/c1-5-11(2)14-13-8-6-7-12(9-13)10-15(3)4/h6-9,11,14H,5,10H2,1-4H3. The summed E-state index contributed by atoms with van der Waals surface area (Å²) in [5, 5.41) is 3.49. The van der Waals surface area contributed by atoms with E-state index in [1.807, 2.05) is 0 Å². The minimum absolute atomic E-state index is 0.541. The minimum Gasteiger partial charge on any atom is -0.383 e. The SMILES string of the molecule is CCC(C)Nc1cccc(CN(C)C)c1. The molecule has 0 saturated heterocycles. The smallest absolute Gasteiger partial charge is 0.0345 e. The van der Waals surface area contributed by atoms with E-state index in [1.54, 1.807) is 0 Å². The van der Waals surface area contributed by atoms with E-state index in [0.29, 0.717) is 6.04 Å². The van der Waals surface area contributed by atoms with Crippen LogP contribution in [0, 0.1) is 0 Å². The lowest BCUT2D eigenvalue weighted by Crippen LogP contribution is -2.14. The molecule has 1 unspecified atom stereocenters. The van der Waals surface area contributed by atoms with Crippen molar-refractivity contribution in [3.63, 3.8) is 0 Å². The highest BCUT2D eigenvalue weighted by molar-refractivity contribution is 5.46. The Morgan fingerprint density at radius 2 is 2.07 bits per heavy atom. The summed E-state index contributed by atoms with van der Waals surface area (Å²) < 4.78 is 0. The summed E-state index contributed by atoms with van der Waals surface area (Å²) in [6, 6.07) is 9.18. The Kier molecular flexibility index (Phi) is 4.63. The van der Waals surface area contributed by atoms with Gasteiger partial charge in [-0.2, -0.15) is 0 Å². The van der Waals surface area contributed by atoms with E-state index in [9.17, 15) is 0 Å². The zero-order valence-corrected chi connectivity index (χ0v) is 10.2. The van der Waals surface area contributed by atoms with Crippen molar-refractivity contribution in [3.05, 3.63) is 29.8 Å². The normalized spacial score (nSPS) is 12.9. The highest BCUT2D eigenvalue weighted by atomic mass is 15.0. The van der Waals surface area contributed by atoms with Gasteiger partial charge in [0.1, 0.15) is 0 Å². The van der Waals surface area contributed by atoms with Gasteiger partial charge in [-0.05, 0) is 45.1 Å².